The number of carbonyl (C=O) groups is 1. The molecule has 6 N–H and O–H groups in total. The zero-order chi connectivity index (χ0) is 14.0. The third kappa shape index (κ3) is 3.28. The molecule has 0 saturated carbocycles. The summed E-state index contributed by atoms with van der Waals surface area (Å²) in [5.74, 6) is -0.567. The van der Waals surface area contributed by atoms with Gasteiger partial charge in [-0.05, 0) is 12.8 Å². The number of nitrogens with zero attached hydrogens (tertiary/aromatic N) is 2. The van der Waals surface area contributed by atoms with Crippen LogP contribution in [0.2, 0.25) is 0 Å². The molecule has 2 rings (SSSR count). The monoisotopic (exact) mass is 291 g/mol. The summed E-state index contributed by atoms with van der Waals surface area (Å²) < 4.78 is 21.1. The minimum Gasteiger partial charge on any atom is -0.368 e. The molecule has 0 aliphatic carbocycles. The molecule has 2 aliphatic rings. The molecule has 3 unspecified atom stereocenters. The van der Waals surface area contributed by atoms with Gasteiger partial charge < -0.3 is 21.1 Å². The highest BCUT2D eigenvalue weighted by Gasteiger charge is 2.39. The van der Waals surface area contributed by atoms with Crippen LogP contribution in [0.3, 0.4) is 0 Å². The third-order valence-electron chi connectivity index (χ3n) is 3.11. The highest BCUT2D eigenvalue weighted by molar-refractivity contribution is 7.77. The van der Waals surface area contributed by atoms with Gasteiger partial charge in [0.2, 0.25) is 17.2 Å². The van der Waals surface area contributed by atoms with Crippen LogP contribution in [0.1, 0.15) is 12.8 Å². The van der Waals surface area contributed by atoms with Gasteiger partial charge in [-0.25, -0.2) is 9.35 Å². The molecule has 0 aromatic rings. The Morgan fingerprint density at radius 2 is 2.32 bits per heavy atom. The fourth-order valence-corrected chi connectivity index (χ4v) is 2.44. The predicted octanol–water partition coefficient (Wildman–Crippen LogP) is -2.47. The Hall–Kier alpha value is -1.07. The van der Waals surface area contributed by atoms with E-state index in [0.717, 1.165) is 6.42 Å². The van der Waals surface area contributed by atoms with Gasteiger partial charge in [-0.15, -0.1) is 0 Å². The summed E-state index contributed by atoms with van der Waals surface area (Å²) in [5, 5.41) is 4.99. The summed E-state index contributed by atoms with van der Waals surface area (Å²) in [6, 6.07) is -0.754. The Morgan fingerprint density at radius 1 is 1.58 bits per heavy atom. The first-order valence-corrected chi connectivity index (χ1v) is 6.93. The smallest absolute Gasteiger partial charge is 0.245 e. The summed E-state index contributed by atoms with van der Waals surface area (Å²) in [7, 11) is 0. The second-order valence-corrected chi connectivity index (χ2v) is 5.14. The van der Waals surface area contributed by atoms with E-state index >= 15 is 0 Å². The van der Waals surface area contributed by atoms with Gasteiger partial charge >= 0.3 is 0 Å². The molecule has 19 heavy (non-hydrogen) atoms. The minimum absolute atomic E-state index is 0.152. The van der Waals surface area contributed by atoms with Crippen molar-refractivity contribution in [3.8, 4) is 0 Å². The first kappa shape index (κ1) is 14.3. The first-order chi connectivity index (χ1) is 8.99. The van der Waals surface area contributed by atoms with Crippen molar-refractivity contribution < 1.29 is 17.9 Å². The molecule has 0 spiro atoms. The number of ether oxygens (including phenoxy) is 1. The van der Waals surface area contributed by atoms with Gasteiger partial charge in [0.15, 0.2) is 6.04 Å². The summed E-state index contributed by atoms with van der Waals surface area (Å²) in [5.41, 5.74) is 11.1. The minimum atomic E-state index is -1.80. The average molecular weight is 291 g/mol. The van der Waals surface area contributed by atoms with Crippen LogP contribution in [0.15, 0.2) is 4.99 Å². The molecule has 2 aliphatic heterocycles. The number of aliphatic imine (C=N–C) groups is 1. The molecule has 9 nitrogen and oxygen atoms in total. The molecular formula is C9H17N5O4S. The van der Waals surface area contributed by atoms with E-state index in [1.807, 2.05) is 0 Å². The summed E-state index contributed by atoms with van der Waals surface area (Å²) in [4.78, 5) is 16.7. The van der Waals surface area contributed by atoms with Crippen LogP contribution in [0.4, 0.5) is 0 Å². The van der Waals surface area contributed by atoms with Crippen molar-refractivity contribution in [3.05, 3.63) is 0 Å². The molecule has 0 radical (unpaired) electrons. The topological polar surface area (TPSA) is 146 Å². The van der Waals surface area contributed by atoms with Gasteiger partial charge in [0.05, 0.1) is 19.0 Å². The van der Waals surface area contributed by atoms with E-state index in [-0.39, 0.29) is 18.9 Å². The van der Waals surface area contributed by atoms with Gasteiger partial charge in [0.25, 0.3) is 0 Å². The van der Waals surface area contributed by atoms with Crippen LogP contribution in [-0.2, 0) is 25.0 Å². The van der Waals surface area contributed by atoms with E-state index in [2.05, 4.69) is 4.99 Å². The van der Waals surface area contributed by atoms with E-state index in [1.165, 1.54) is 6.34 Å². The molecule has 2 heterocycles. The maximum atomic E-state index is 11.1. The Bertz CT molecular complexity index is 406. The standard InChI is InChI=1S/C9H17N5O4S/c10-8-7(9(11)15)13-4-14(8)6-2-1-5(18-6)3-17-19(12)16/h4-8H,1-3,10,12H2,(H2,11,15)/t5-,6+,7?,8?,19?/m0/s1. The fourth-order valence-electron chi connectivity index (χ4n) is 2.16. The second kappa shape index (κ2) is 5.92. The Kier molecular flexibility index (Phi) is 4.47. The van der Waals surface area contributed by atoms with Gasteiger partial charge in [-0.3, -0.25) is 14.0 Å². The lowest BCUT2D eigenvalue weighted by Crippen LogP contribution is -2.52. The van der Waals surface area contributed by atoms with Crippen molar-refractivity contribution in [3.63, 3.8) is 0 Å². The van der Waals surface area contributed by atoms with Crippen molar-refractivity contribution in [2.45, 2.75) is 37.4 Å². The van der Waals surface area contributed by atoms with E-state index in [4.69, 9.17) is 25.5 Å². The molecule has 108 valence electrons. The number of rotatable bonds is 5. The molecule has 10 heteroatoms. The normalized spacial score (nSPS) is 35.8. The van der Waals surface area contributed by atoms with E-state index in [0.29, 0.717) is 6.42 Å². The Labute approximate surface area is 112 Å². The molecule has 0 bridgehead atoms. The quantitative estimate of drug-likeness (QED) is 0.511. The number of primary amides is 1. The number of hydrogen-bond donors (Lipinski definition) is 3. The van der Waals surface area contributed by atoms with Gasteiger partial charge in [0.1, 0.15) is 12.4 Å². The van der Waals surface area contributed by atoms with Crippen molar-refractivity contribution in [2.75, 3.05) is 6.61 Å². The van der Waals surface area contributed by atoms with Crippen LogP contribution in [0.25, 0.3) is 0 Å². The van der Waals surface area contributed by atoms with Crippen molar-refractivity contribution in [2.24, 2.45) is 21.6 Å². The molecular weight excluding hydrogens is 274 g/mol. The zero-order valence-corrected chi connectivity index (χ0v) is 11.0. The van der Waals surface area contributed by atoms with Crippen LogP contribution in [0.5, 0.6) is 0 Å². The molecule has 1 saturated heterocycles. The third-order valence-corrected chi connectivity index (χ3v) is 3.48. The largest absolute Gasteiger partial charge is 0.368 e. The molecule has 5 atom stereocenters. The lowest BCUT2D eigenvalue weighted by atomic mass is 10.2. The summed E-state index contributed by atoms with van der Waals surface area (Å²) in [6.45, 7) is 0.152. The van der Waals surface area contributed by atoms with Crippen molar-refractivity contribution in [1.29, 1.82) is 0 Å². The van der Waals surface area contributed by atoms with Gasteiger partial charge in [-0.1, -0.05) is 0 Å². The van der Waals surface area contributed by atoms with Gasteiger partial charge in [-0.2, -0.15) is 0 Å². The maximum absolute atomic E-state index is 11.1. The molecule has 1 amide bonds. The number of hydrogen-bond acceptors (Lipinski definition) is 7. The lowest BCUT2D eigenvalue weighted by molar-refractivity contribution is -0.120. The lowest BCUT2D eigenvalue weighted by Gasteiger charge is -2.28. The maximum Gasteiger partial charge on any atom is 0.245 e. The Morgan fingerprint density at radius 3 is 2.89 bits per heavy atom. The van der Waals surface area contributed by atoms with Crippen LogP contribution >= 0.6 is 0 Å². The predicted molar refractivity (Wildman–Crippen MR) is 67.5 cm³/mol. The molecule has 1 fully saturated rings. The number of amides is 1. The van der Waals surface area contributed by atoms with Crippen LogP contribution in [0, 0.1) is 0 Å². The second-order valence-electron chi connectivity index (χ2n) is 4.38. The number of nitrogens with two attached hydrogens (primary N) is 3. The molecule has 0 aromatic heterocycles. The van der Waals surface area contributed by atoms with E-state index in [9.17, 15) is 9.00 Å². The van der Waals surface area contributed by atoms with E-state index < -0.39 is 29.4 Å². The van der Waals surface area contributed by atoms with Crippen LogP contribution in [-0.4, -0.2) is 52.5 Å². The van der Waals surface area contributed by atoms with Gasteiger partial charge in [0, 0.05) is 0 Å². The fraction of sp³-hybridized carbons (Fsp3) is 0.778. The zero-order valence-electron chi connectivity index (χ0n) is 10.2. The summed E-state index contributed by atoms with van der Waals surface area (Å²) >= 11 is -1.80. The average Bonchev–Trinajstić information content (AvgIpc) is 2.92. The van der Waals surface area contributed by atoms with Crippen molar-refractivity contribution in [1.82, 2.24) is 4.90 Å². The number of carbonyl (C=O) groups excluding carboxylic acids is 1. The molecule has 0 aromatic carbocycles. The SMILES string of the molecule is NC(=O)C1N=CN([C@H]2CC[C@@H](COS(N)=O)O2)C1N. The highest BCUT2D eigenvalue weighted by Crippen LogP contribution is 2.25. The Balaban J connectivity index is 1.86. The van der Waals surface area contributed by atoms with E-state index in [1.54, 1.807) is 4.90 Å². The van der Waals surface area contributed by atoms with Crippen LogP contribution < -0.4 is 16.6 Å². The summed E-state index contributed by atoms with van der Waals surface area (Å²) in [6.07, 6.45) is 1.80. The highest BCUT2D eigenvalue weighted by atomic mass is 32.2. The first-order valence-electron chi connectivity index (χ1n) is 5.79. The van der Waals surface area contributed by atoms with Crippen molar-refractivity contribution >= 4 is 23.5 Å².